The van der Waals surface area contributed by atoms with Gasteiger partial charge in [0.05, 0.1) is 18.2 Å². The first-order chi connectivity index (χ1) is 22.9. The van der Waals surface area contributed by atoms with E-state index in [0.29, 0.717) is 6.92 Å². The van der Waals surface area contributed by atoms with E-state index < -0.39 is 74.4 Å². The van der Waals surface area contributed by atoms with Crippen LogP contribution in [0.4, 0.5) is 35.1 Å². The highest BCUT2D eigenvalue weighted by Crippen LogP contribution is 2.53. The Labute approximate surface area is 280 Å². The first-order valence-corrected chi connectivity index (χ1v) is 15.7. The Morgan fingerprint density at radius 2 is 1.06 bits per heavy atom. The summed E-state index contributed by atoms with van der Waals surface area (Å²) in [4.78, 5) is 0. The van der Waals surface area contributed by atoms with Gasteiger partial charge in [0, 0.05) is 11.0 Å². The lowest BCUT2D eigenvalue weighted by atomic mass is 9.56. The molecule has 0 saturated carbocycles. The number of benzene rings is 4. The number of hydrogen-bond donors (Lipinski definition) is 0. The van der Waals surface area contributed by atoms with Gasteiger partial charge in [-0.05, 0) is 72.4 Å². The zero-order valence-electron chi connectivity index (χ0n) is 28.2. The van der Waals surface area contributed by atoms with Crippen molar-refractivity contribution in [1.29, 1.82) is 0 Å². The number of rotatable bonds is 8. The SMILES string of the molecule is COc1ccc(C(C)(C)C2(C)CC=C(C(C)(C)c3ccc(Oc4c(F)c(F)c(-c5c(F)c(F)c(C)c(F)c5F)c(F)c4F)cc3)CC2)cc1. The number of methoxy groups -OCH3 is 1. The summed E-state index contributed by atoms with van der Waals surface area (Å²) in [5.41, 5.74) is -2.36. The molecule has 10 heteroatoms. The fraction of sp³-hybridized carbons (Fsp3) is 0.333. The molecule has 1 unspecified atom stereocenters. The zero-order valence-corrected chi connectivity index (χ0v) is 28.2. The molecule has 260 valence electrons. The van der Waals surface area contributed by atoms with Crippen LogP contribution in [0.1, 0.15) is 70.6 Å². The molecule has 5 rings (SSSR count). The molecular weight excluding hydrogens is 652 g/mol. The minimum absolute atomic E-state index is 0.0353. The fourth-order valence-electron chi connectivity index (χ4n) is 6.58. The Kier molecular flexibility index (Phi) is 9.42. The molecule has 1 aliphatic rings. The zero-order chi connectivity index (χ0) is 36.2. The van der Waals surface area contributed by atoms with Gasteiger partial charge in [0.25, 0.3) is 0 Å². The normalized spacial score (nSPS) is 16.8. The van der Waals surface area contributed by atoms with Crippen molar-refractivity contribution in [3.05, 3.63) is 123 Å². The summed E-state index contributed by atoms with van der Waals surface area (Å²) in [6.45, 7) is 11.5. The number of hydrogen-bond acceptors (Lipinski definition) is 2. The van der Waals surface area contributed by atoms with Crippen LogP contribution >= 0.6 is 0 Å². The van der Waals surface area contributed by atoms with Crippen LogP contribution in [0.5, 0.6) is 17.2 Å². The van der Waals surface area contributed by atoms with E-state index in [2.05, 4.69) is 39.0 Å². The van der Waals surface area contributed by atoms with Crippen molar-refractivity contribution in [3.63, 3.8) is 0 Å². The number of ether oxygens (including phenoxy) is 2. The lowest BCUT2D eigenvalue weighted by Crippen LogP contribution is -2.41. The van der Waals surface area contributed by atoms with Crippen LogP contribution in [0.3, 0.4) is 0 Å². The summed E-state index contributed by atoms with van der Waals surface area (Å²) in [5.74, 6) is -18.2. The van der Waals surface area contributed by atoms with Crippen molar-refractivity contribution in [3.8, 4) is 28.4 Å². The molecule has 0 aliphatic heterocycles. The molecule has 0 saturated heterocycles. The van der Waals surface area contributed by atoms with Crippen molar-refractivity contribution in [2.45, 2.75) is 71.6 Å². The van der Waals surface area contributed by atoms with Gasteiger partial charge in [-0.15, -0.1) is 0 Å². The van der Waals surface area contributed by atoms with Gasteiger partial charge in [0.1, 0.15) is 11.5 Å². The van der Waals surface area contributed by atoms with E-state index in [-0.39, 0.29) is 16.6 Å². The molecule has 0 fully saturated rings. The minimum atomic E-state index is -2.29. The molecule has 0 aromatic heterocycles. The first kappa shape index (κ1) is 36.0. The Balaban J connectivity index is 1.39. The lowest BCUT2D eigenvalue weighted by Gasteiger charge is -2.48. The van der Waals surface area contributed by atoms with Crippen LogP contribution in [0, 0.1) is 58.9 Å². The minimum Gasteiger partial charge on any atom is -0.497 e. The first-order valence-electron chi connectivity index (χ1n) is 15.7. The smallest absolute Gasteiger partial charge is 0.205 e. The molecule has 0 N–H and O–H groups in total. The van der Waals surface area contributed by atoms with Crippen LogP contribution in [0.15, 0.2) is 60.2 Å². The van der Waals surface area contributed by atoms with Crippen LogP contribution in [-0.2, 0) is 10.8 Å². The predicted molar refractivity (Wildman–Crippen MR) is 172 cm³/mol. The summed E-state index contributed by atoms with van der Waals surface area (Å²) in [7, 11) is 1.63. The van der Waals surface area contributed by atoms with E-state index in [9.17, 15) is 17.6 Å². The van der Waals surface area contributed by atoms with Crippen LogP contribution in [0.25, 0.3) is 11.1 Å². The van der Waals surface area contributed by atoms with E-state index in [1.165, 1.54) is 23.3 Å². The topological polar surface area (TPSA) is 18.5 Å². The second-order valence-electron chi connectivity index (χ2n) is 13.8. The second kappa shape index (κ2) is 12.8. The number of allylic oxidation sites excluding steroid dienone is 2. The Morgan fingerprint density at radius 1 is 0.612 bits per heavy atom. The second-order valence-corrected chi connectivity index (χ2v) is 13.8. The summed E-state index contributed by atoms with van der Waals surface area (Å²) in [6, 6.07) is 14.2. The highest BCUT2D eigenvalue weighted by atomic mass is 19.2. The standard InChI is InChI=1S/C39H36F8O2/c1-20-28(40)30(42)26(31(43)29(20)41)27-32(44)34(46)36(35(47)33(27)45)49-25-14-8-21(9-15-25)37(2,3)22-16-18-39(6,19-17-22)38(4,5)23-10-12-24(48-7)13-11-23/h8-16H,17-19H2,1-7H3. The monoisotopic (exact) mass is 688 g/mol. The Hall–Kier alpha value is -4.34. The van der Waals surface area contributed by atoms with Crippen LogP contribution in [-0.4, -0.2) is 7.11 Å². The summed E-state index contributed by atoms with van der Waals surface area (Å²) < 4.78 is 128. The average molecular weight is 689 g/mol. The molecule has 4 aromatic carbocycles. The van der Waals surface area contributed by atoms with Gasteiger partial charge in [-0.1, -0.05) is 70.5 Å². The quantitative estimate of drug-likeness (QED) is 0.104. The summed E-state index contributed by atoms with van der Waals surface area (Å²) in [6.07, 6.45) is 4.82. The maximum absolute atomic E-state index is 15.1. The molecule has 2 nitrogen and oxygen atoms in total. The van der Waals surface area contributed by atoms with Crippen molar-refractivity contribution >= 4 is 0 Å². The van der Waals surface area contributed by atoms with Crippen LogP contribution < -0.4 is 9.47 Å². The third kappa shape index (κ3) is 5.97. The predicted octanol–water partition coefficient (Wildman–Crippen LogP) is 11.9. The van der Waals surface area contributed by atoms with Gasteiger partial charge in [0.2, 0.25) is 17.4 Å². The molecule has 0 bridgehead atoms. The van der Waals surface area contributed by atoms with Gasteiger partial charge in [-0.25, -0.2) is 26.3 Å². The third-order valence-corrected chi connectivity index (χ3v) is 10.6. The molecule has 0 radical (unpaired) electrons. The summed E-state index contributed by atoms with van der Waals surface area (Å²) in [5, 5.41) is 0. The van der Waals surface area contributed by atoms with Gasteiger partial charge in [0.15, 0.2) is 34.9 Å². The van der Waals surface area contributed by atoms with Crippen molar-refractivity contribution in [2.24, 2.45) is 5.41 Å². The van der Waals surface area contributed by atoms with Crippen molar-refractivity contribution in [2.75, 3.05) is 7.11 Å². The van der Waals surface area contributed by atoms with E-state index in [1.54, 1.807) is 19.2 Å². The maximum atomic E-state index is 15.1. The third-order valence-electron chi connectivity index (χ3n) is 10.6. The van der Waals surface area contributed by atoms with Gasteiger partial charge < -0.3 is 9.47 Å². The van der Waals surface area contributed by atoms with E-state index in [0.717, 1.165) is 30.6 Å². The fourth-order valence-corrected chi connectivity index (χ4v) is 6.58. The molecule has 0 amide bonds. The summed E-state index contributed by atoms with van der Waals surface area (Å²) >= 11 is 0. The van der Waals surface area contributed by atoms with Gasteiger partial charge >= 0.3 is 0 Å². The number of halogens is 8. The molecule has 1 atom stereocenters. The highest BCUT2D eigenvalue weighted by Gasteiger charge is 2.44. The lowest BCUT2D eigenvalue weighted by molar-refractivity contribution is 0.146. The molecule has 4 aromatic rings. The van der Waals surface area contributed by atoms with Gasteiger partial charge in [-0.2, -0.15) is 8.78 Å². The highest BCUT2D eigenvalue weighted by molar-refractivity contribution is 5.69. The van der Waals surface area contributed by atoms with E-state index >= 15 is 17.6 Å². The molecule has 49 heavy (non-hydrogen) atoms. The van der Waals surface area contributed by atoms with E-state index in [1.807, 2.05) is 26.0 Å². The molecule has 0 heterocycles. The Morgan fingerprint density at radius 3 is 1.51 bits per heavy atom. The van der Waals surface area contributed by atoms with E-state index in [4.69, 9.17) is 9.47 Å². The molecule has 1 aliphatic carbocycles. The molecular formula is C39H36F8O2. The van der Waals surface area contributed by atoms with Crippen LogP contribution in [0.2, 0.25) is 0 Å². The maximum Gasteiger partial charge on any atom is 0.205 e. The molecule has 0 spiro atoms. The van der Waals surface area contributed by atoms with Crippen molar-refractivity contribution in [1.82, 2.24) is 0 Å². The largest absolute Gasteiger partial charge is 0.497 e. The van der Waals surface area contributed by atoms with Crippen molar-refractivity contribution < 1.29 is 44.6 Å². The average Bonchev–Trinajstić information content (AvgIpc) is 3.09. The van der Waals surface area contributed by atoms with Gasteiger partial charge in [-0.3, -0.25) is 0 Å². The Bertz CT molecular complexity index is 1890.